The minimum absolute atomic E-state index is 0.00372. The maximum Gasteiger partial charge on any atom is 0.250 e. The van der Waals surface area contributed by atoms with E-state index < -0.39 is 10.0 Å². The van der Waals surface area contributed by atoms with E-state index in [0.717, 1.165) is 21.9 Å². The summed E-state index contributed by atoms with van der Waals surface area (Å²) >= 11 is 1.16. The molecule has 2 N–H and O–H groups in total. The SMILES string of the molecule is CC(=O)NCc1ccc(S(=O)(=O)NCC(C)N(C)c2ccccc2)s1. The number of benzene rings is 1. The van der Waals surface area contributed by atoms with Gasteiger partial charge in [0.25, 0.3) is 0 Å². The Morgan fingerprint density at radius 1 is 1.20 bits per heavy atom. The Morgan fingerprint density at radius 3 is 2.52 bits per heavy atom. The van der Waals surface area contributed by atoms with Crippen molar-refractivity contribution in [1.29, 1.82) is 0 Å². The number of thiophene rings is 1. The van der Waals surface area contributed by atoms with Crippen LogP contribution in [0.4, 0.5) is 5.69 Å². The quantitative estimate of drug-likeness (QED) is 0.735. The van der Waals surface area contributed by atoms with Crippen LogP contribution in [0.15, 0.2) is 46.7 Å². The first-order valence-electron chi connectivity index (χ1n) is 7.90. The molecule has 0 radical (unpaired) electrons. The van der Waals surface area contributed by atoms with Gasteiger partial charge in [0.1, 0.15) is 4.21 Å². The maximum atomic E-state index is 12.4. The van der Waals surface area contributed by atoms with Crippen LogP contribution < -0.4 is 14.9 Å². The van der Waals surface area contributed by atoms with Gasteiger partial charge in [-0.25, -0.2) is 13.1 Å². The number of anilines is 1. The molecule has 25 heavy (non-hydrogen) atoms. The van der Waals surface area contributed by atoms with Crippen molar-refractivity contribution >= 4 is 33.0 Å². The number of amides is 1. The van der Waals surface area contributed by atoms with Crippen molar-refractivity contribution in [2.45, 2.75) is 30.6 Å². The van der Waals surface area contributed by atoms with E-state index in [1.54, 1.807) is 12.1 Å². The zero-order chi connectivity index (χ0) is 18.4. The Kier molecular flexibility index (Phi) is 6.57. The van der Waals surface area contributed by atoms with Gasteiger partial charge in [0.05, 0.1) is 6.54 Å². The van der Waals surface area contributed by atoms with Crippen molar-refractivity contribution in [1.82, 2.24) is 10.0 Å². The lowest BCUT2D eigenvalue weighted by Gasteiger charge is -2.27. The van der Waals surface area contributed by atoms with Gasteiger partial charge in [-0.1, -0.05) is 18.2 Å². The molecule has 1 unspecified atom stereocenters. The van der Waals surface area contributed by atoms with Crippen LogP contribution in [0.1, 0.15) is 18.7 Å². The summed E-state index contributed by atoms with van der Waals surface area (Å²) in [6, 6.07) is 13.1. The van der Waals surface area contributed by atoms with Gasteiger partial charge >= 0.3 is 0 Å². The molecule has 1 atom stereocenters. The zero-order valence-corrected chi connectivity index (χ0v) is 16.2. The van der Waals surface area contributed by atoms with Gasteiger partial charge in [-0.2, -0.15) is 0 Å². The maximum absolute atomic E-state index is 12.4. The normalized spacial score (nSPS) is 12.6. The van der Waals surface area contributed by atoms with E-state index in [-0.39, 0.29) is 16.2 Å². The summed E-state index contributed by atoms with van der Waals surface area (Å²) < 4.78 is 27.8. The fourth-order valence-electron chi connectivity index (χ4n) is 2.17. The lowest BCUT2D eigenvalue weighted by atomic mass is 10.2. The van der Waals surface area contributed by atoms with Gasteiger partial charge in [0, 0.05) is 37.1 Å². The topological polar surface area (TPSA) is 78.5 Å². The standard InChI is InChI=1S/C17H23N3O3S2/c1-13(20(3)15-7-5-4-6-8-15)11-19-25(22,23)17-10-9-16(24-17)12-18-14(2)21/h4-10,13,19H,11-12H2,1-3H3,(H,18,21). The number of para-hydroxylation sites is 1. The first kappa shape index (κ1) is 19.4. The fraction of sp³-hybridized carbons (Fsp3) is 0.353. The third-order valence-corrected chi connectivity index (χ3v) is 6.81. The molecule has 0 aliphatic heterocycles. The summed E-state index contributed by atoms with van der Waals surface area (Å²) in [6.07, 6.45) is 0. The van der Waals surface area contributed by atoms with Gasteiger partial charge in [0.15, 0.2) is 0 Å². The second kappa shape index (κ2) is 8.46. The Bertz CT molecular complexity index is 804. The van der Waals surface area contributed by atoms with Crippen LogP contribution >= 0.6 is 11.3 Å². The lowest BCUT2D eigenvalue weighted by molar-refractivity contribution is -0.119. The number of nitrogens with one attached hydrogen (secondary N) is 2. The number of nitrogens with zero attached hydrogens (tertiary/aromatic N) is 1. The molecule has 0 saturated heterocycles. The number of likely N-dealkylation sites (N-methyl/N-ethyl adjacent to an activating group) is 1. The Morgan fingerprint density at radius 2 is 1.88 bits per heavy atom. The summed E-state index contributed by atoms with van der Waals surface area (Å²) in [6.45, 7) is 4.03. The molecule has 0 fully saturated rings. The van der Waals surface area contributed by atoms with Gasteiger partial charge < -0.3 is 10.2 Å². The molecule has 1 amide bonds. The number of hydrogen-bond acceptors (Lipinski definition) is 5. The number of rotatable bonds is 8. The molecule has 1 aromatic heterocycles. The second-order valence-corrected chi connectivity index (χ2v) is 8.94. The van der Waals surface area contributed by atoms with Gasteiger partial charge in [-0.3, -0.25) is 4.79 Å². The largest absolute Gasteiger partial charge is 0.371 e. The molecular weight excluding hydrogens is 358 g/mol. The van der Waals surface area contributed by atoms with Crippen molar-refractivity contribution in [3.63, 3.8) is 0 Å². The first-order chi connectivity index (χ1) is 11.8. The Hall–Kier alpha value is -1.90. The summed E-state index contributed by atoms with van der Waals surface area (Å²) in [5.41, 5.74) is 1.03. The molecule has 0 aliphatic rings. The molecule has 0 aliphatic carbocycles. The fourth-order valence-corrected chi connectivity index (χ4v) is 4.63. The van der Waals surface area contributed by atoms with Crippen molar-refractivity contribution in [2.24, 2.45) is 0 Å². The van der Waals surface area contributed by atoms with Crippen LogP contribution in [0, 0.1) is 0 Å². The lowest BCUT2D eigenvalue weighted by Crippen LogP contribution is -2.40. The van der Waals surface area contributed by atoms with E-state index in [0.29, 0.717) is 13.1 Å². The van der Waals surface area contributed by atoms with Gasteiger partial charge in [0.2, 0.25) is 15.9 Å². The molecule has 0 saturated carbocycles. The van der Waals surface area contributed by atoms with Crippen molar-refractivity contribution in [3.05, 3.63) is 47.3 Å². The molecule has 8 heteroatoms. The molecular formula is C17H23N3O3S2. The van der Waals surface area contributed by atoms with Crippen LogP contribution in [0.3, 0.4) is 0 Å². The molecule has 2 rings (SSSR count). The van der Waals surface area contributed by atoms with Gasteiger partial charge in [-0.05, 0) is 31.2 Å². The smallest absolute Gasteiger partial charge is 0.250 e. The minimum Gasteiger partial charge on any atom is -0.371 e. The Balaban J connectivity index is 1.96. The van der Waals surface area contributed by atoms with E-state index in [9.17, 15) is 13.2 Å². The highest BCUT2D eigenvalue weighted by molar-refractivity contribution is 7.91. The highest BCUT2D eigenvalue weighted by Gasteiger charge is 2.19. The van der Waals surface area contributed by atoms with Gasteiger partial charge in [-0.15, -0.1) is 11.3 Å². The highest BCUT2D eigenvalue weighted by atomic mass is 32.2. The number of carbonyl (C=O) groups excluding carboxylic acids is 1. The number of hydrogen-bond donors (Lipinski definition) is 2. The second-order valence-electron chi connectivity index (χ2n) is 5.78. The van der Waals surface area contributed by atoms with E-state index in [4.69, 9.17) is 0 Å². The predicted molar refractivity (Wildman–Crippen MR) is 101 cm³/mol. The third kappa shape index (κ3) is 5.55. The van der Waals surface area contributed by atoms with Crippen LogP contribution in [0.2, 0.25) is 0 Å². The molecule has 2 aromatic rings. The molecule has 1 aromatic carbocycles. The average molecular weight is 382 g/mol. The number of carbonyl (C=O) groups is 1. The predicted octanol–water partition coefficient (Wildman–Crippen LogP) is 2.19. The molecule has 6 nitrogen and oxygen atoms in total. The van der Waals surface area contributed by atoms with E-state index in [1.807, 2.05) is 49.2 Å². The van der Waals surface area contributed by atoms with Crippen molar-refractivity contribution in [2.75, 3.05) is 18.5 Å². The average Bonchev–Trinajstić information content (AvgIpc) is 3.08. The van der Waals surface area contributed by atoms with E-state index in [1.165, 1.54) is 6.92 Å². The van der Waals surface area contributed by atoms with Crippen LogP contribution in [0.5, 0.6) is 0 Å². The molecule has 0 bridgehead atoms. The molecule has 0 spiro atoms. The summed E-state index contributed by atoms with van der Waals surface area (Å²) in [4.78, 5) is 13.8. The zero-order valence-electron chi connectivity index (χ0n) is 14.5. The highest BCUT2D eigenvalue weighted by Crippen LogP contribution is 2.21. The van der Waals surface area contributed by atoms with Crippen molar-refractivity contribution in [3.8, 4) is 0 Å². The molecule has 1 heterocycles. The summed E-state index contributed by atoms with van der Waals surface area (Å²) in [5.74, 6) is -0.145. The molecule has 136 valence electrons. The summed E-state index contributed by atoms with van der Waals surface area (Å²) in [5, 5.41) is 2.66. The van der Waals surface area contributed by atoms with Crippen LogP contribution in [-0.4, -0.2) is 34.0 Å². The van der Waals surface area contributed by atoms with Crippen LogP contribution in [-0.2, 0) is 21.4 Å². The minimum atomic E-state index is -3.56. The Labute approximate surface area is 152 Å². The van der Waals surface area contributed by atoms with Crippen LogP contribution in [0.25, 0.3) is 0 Å². The third-order valence-electron chi connectivity index (χ3n) is 3.81. The van der Waals surface area contributed by atoms with E-state index in [2.05, 4.69) is 10.0 Å². The monoisotopic (exact) mass is 381 g/mol. The number of sulfonamides is 1. The van der Waals surface area contributed by atoms with Crippen molar-refractivity contribution < 1.29 is 13.2 Å². The summed E-state index contributed by atoms with van der Waals surface area (Å²) in [7, 11) is -1.62. The first-order valence-corrected chi connectivity index (χ1v) is 10.2. The van der Waals surface area contributed by atoms with E-state index >= 15 is 0 Å².